The molecule has 0 fully saturated rings. The lowest BCUT2D eigenvalue weighted by atomic mass is 10.2. The van der Waals surface area contributed by atoms with E-state index in [1.54, 1.807) is 0 Å². The van der Waals surface area contributed by atoms with Crippen LogP contribution in [0.25, 0.3) is 0 Å². The molecular formula is C24H33NO3. The molecule has 1 unspecified atom stereocenters. The Morgan fingerprint density at radius 1 is 0.893 bits per heavy atom. The molecule has 0 aliphatic rings. The van der Waals surface area contributed by atoms with Gasteiger partial charge in [0.25, 0.3) is 5.91 Å². The molecule has 0 heterocycles. The SMILES string of the molecule is CCCCCCCOc1ccc(NC(=O)C(CC)Oc2ccc(C)cc2)cc1. The largest absolute Gasteiger partial charge is 0.494 e. The van der Waals surface area contributed by atoms with Crippen LogP contribution in [0.4, 0.5) is 5.69 Å². The van der Waals surface area contributed by atoms with Crippen molar-refractivity contribution >= 4 is 11.6 Å². The molecule has 1 N–H and O–H groups in total. The van der Waals surface area contributed by atoms with Gasteiger partial charge < -0.3 is 14.8 Å². The zero-order valence-corrected chi connectivity index (χ0v) is 17.4. The van der Waals surface area contributed by atoms with Crippen molar-refractivity contribution in [1.29, 1.82) is 0 Å². The maximum atomic E-state index is 12.5. The molecule has 0 radical (unpaired) electrons. The van der Waals surface area contributed by atoms with E-state index < -0.39 is 6.10 Å². The molecule has 2 aromatic rings. The number of unbranched alkanes of at least 4 members (excludes halogenated alkanes) is 4. The van der Waals surface area contributed by atoms with Crippen LogP contribution >= 0.6 is 0 Å². The summed E-state index contributed by atoms with van der Waals surface area (Å²) in [7, 11) is 0. The number of nitrogens with one attached hydrogen (secondary N) is 1. The van der Waals surface area contributed by atoms with E-state index in [1.165, 1.54) is 25.7 Å². The minimum atomic E-state index is -0.526. The van der Waals surface area contributed by atoms with Gasteiger partial charge in [-0.15, -0.1) is 0 Å². The predicted molar refractivity (Wildman–Crippen MR) is 115 cm³/mol. The zero-order valence-electron chi connectivity index (χ0n) is 17.4. The maximum absolute atomic E-state index is 12.5. The summed E-state index contributed by atoms with van der Waals surface area (Å²) in [6.07, 6.45) is 6.17. The summed E-state index contributed by atoms with van der Waals surface area (Å²) in [5.41, 5.74) is 1.90. The van der Waals surface area contributed by atoms with Crippen molar-refractivity contribution in [2.24, 2.45) is 0 Å². The van der Waals surface area contributed by atoms with Crippen molar-refractivity contribution in [3.8, 4) is 11.5 Å². The molecule has 1 amide bonds. The summed E-state index contributed by atoms with van der Waals surface area (Å²) in [5, 5.41) is 2.92. The van der Waals surface area contributed by atoms with Crippen molar-refractivity contribution < 1.29 is 14.3 Å². The number of hydrogen-bond acceptors (Lipinski definition) is 3. The Balaban J connectivity index is 1.79. The third-order valence-corrected chi connectivity index (χ3v) is 4.60. The topological polar surface area (TPSA) is 47.6 Å². The Labute approximate surface area is 169 Å². The molecule has 28 heavy (non-hydrogen) atoms. The van der Waals surface area contributed by atoms with Crippen LogP contribution in [0.3, 0.4) is 0 Å². The molecule has 0 aliphatic heterocycles. The average molecular weight is 384 g/mol. The number of aryl methyl sites for hydroxylation is 1. The molecule has 0 saturated carbocycles. The molecule has 4 heteroatoms. The zero-order chi connectivity index (χ0) is 20.2. The van der Waals surface area contributed by atoms with Gasteiger partial charge in [-0.2, -0.15) is 0 Å². The number of ether oxygens (including phenoxy) is 2. The number of carbonyl (C=O) groups excluding carboxylic acids is 1. The van der Waals surface area contributed by atoms with E-state index in [2.05, 4.69) is 12.2 Å². The fraction of sp³-hybridized carbons (Fsp3) is 0.458. The third kappa shape index (κ3) is 7.63. The van der Waals surface area contributed by atoms with Crippen LogP contribution in [0.15, 0.2) is 48.5 Å². The van der Waals surface area contributed by atoms with Gasteiger partial charge in [-0.3, -0.25) is 4.79 Å². The quantitative estimate of drug-likeness (QED) is 0.448. The van der Waals surface area contributed by atoms with E-state index in [0.717, 1.165) is 30.0 Å². The fourth-order valence-corrected chi connectivity index (χ4v) is 2.86. The van der Waals surface area contributed by atoms with Crippen LogP contribution in [0.2, 0.25) is 0 Å². The van der Waals surface area contributed by atoms with Crippen LogP contribution in [-0.2, 0) is 4.79 Å². The number of benzene rings is 2. The van der Waals surface area contributed by atoms with Gasteiger partial charge in [-0.05, 0) is 56.2 Å². The highest BCUT2D eigenvalue weighted by atomic mass is 16.5. The molecular weight excluding hydrogens is 350 g/mol. The highest BCUT2D eigenvalue weighted by molar-refractivity contribution is 5.94. The Morgan fingerprint density at radius 2 is 1.54 bits per heavy atom. The molecule has 0 saturated heterocycles. The molecule has 2 rings (SSSR count). The molecule has 4 nitrogen and oxygen atoms in total. The molecule has 0 bridgehead atoms. The van der Waals surface area contributed by atoms with E-state index in [-0.39, 0.29) is 5.91 Å². The lowest BCUT2D eigenvalue weighted by Gasteiger charge is -2.17. The van der Waals surface area contributed by atoms with Gasteiger partial charge in [0.15, 0.2) is 6.10 Å². The van der Waals surface area contributed by atoms with Gasteiger partial charge in [0.2, 0.25) is 0 Å². The second-order valence-electron chi connectivity index (χ2n) is 7.10. The van der Waals surface area contributed by atoms with Crippen molar-refractivity contribution in [2.75, 3.05) is 11.9 Å². The first-order chi connectivity index (χ1) is 13.6. The molecule has 0 spiro atoms. The number of amides is 1. The Kier molecular flexibility index (Phi) is 9.40. The minimum Gasteiger partial charge on any atom is -0.494 e. The van der Waals surface area contributed by atoms with Crippen molar-refractivity contribution in [3.63, 3.8) is 0 Å². The lowest BCUT2D eigenvalue weighted by Crippen LogP contribution is -2.32. The molecule has 152 valence electrons. The van der Waals surface area contributed by atoms with E-state index in [9.17, 15) is 4.79 Å². The molecule has 0 aliphatic carbocycles. The Bertz CT molecular complexity index is 695. The maximum Gasteiger partial charge on any atom is 0.265 e. The summed E-state index contributed by atoms with van der Waals surface area (Å²) < 4.78 is 11.6. The Morgan fingerprint density at radius 3 is 2.18 bits per heavy atom. The van der Waals surface area contributed by atoms with Gasteiger partial charge >= 0.3 is 0 Å². The predicted octanol–water partition coefficient (Wildman–Crippen LogP) is 6.14. The monoisotopic (exact) mass is 383 g/mol. The van der Waals surface area contributed by atoms with Gasteiger partial charge in [-0.25, -0.2) is 0 Å². The van der Waals surface area contributed by atoms with Crippen molar-refractivity contribution in [3.05, 3.63) is 54.1 Å². The first-order valence-electron chi connectivity index (χ1n) is 10.4. The highest BCUT2D eigenvalue weighted by Crippen LogP contribution is 2.19. The minimum absolute atomic E-state index is 0.146. The lowest BCUT2D eigenvalue weighted by molar-refractivity contribution is -0.122. The van der Waals surface area contributed by atoms with Gasteiger partial charge in [-0.1, -0.05) is 57.2 Å². The molecule has 0 aromatic heterocycles. The van der Waals surface area contributed by atoms with Crippen LogP contribution in [-0.4, -0.2) is 18.6 Å². The average Bonchev–Trinajstić information content (AvgIpc) is 2.71. The van der Waals surface area contributed by atoms with E-state index >= 15 is 0 Å². The highest BCUT2D eigenvalue weighted by Gasteiger charge is 2.18. The smallest absolute Gasteiger partial charge is 0.265 e. The summed E-state index contributed by atoms with van der Waals surface area (Å²) in [6, 6.07) is 15.2. The van der Waals surface area contributed by atoms with Crippen molar-refractivity contribution in [1.82, 2.24) is 0 Å². The van der Waals surface area contributed by atoms with Gasteiger partial charge in [0, 0.05) is 5.69 Å². The normalized spacial score (nSPS) is 11.7. The van der Waals surface area contributed by atoms with E-state index in [1.807, 2.05) is 62.4 Å². The third-order valence-electron chi connectivity index (χ3n) is 4.60. The standard InChI is InChI=1S/C24H33NO3/c1-4-6-7-8-9-18-27-21-16-12-20(13-17-21)25-24(26)23(5-2)28-22-14-10-19(3)11-15-22/h10-17,23H,4-9,18H2,1-3H3,(H,25,26). The Hall–Kier alpha value is -2.49. The first-order valence-corrected chi connectivity index (χ1v) is 10.4. The second kappa shape index (κ2) is 12.1. The van der Waals surface area contributed by atoms with E-state index in [0.29, 0.717) is 12.2 Å². The van der Waals surface area contributed by atoms with Crippen LogP contribution in [0.5, 0.6) is 11.5 Å². The fourth-order valence-electron chi connectivity index (χ4n) is 2.86. The number of hydrogen-bond donors (Lipinski definition) is 1. The molecule has 1 atom stereocenters. The van der Waals surface area contributed by atoms with Crippen LogP contribution < -0.4 is 14.8 Å². The van der Waals surface area contributed by atoms with Crippen molar-refractivity contribution in [2.45, 2.75) is 65.4 Å². The van der Waals surface area contributed by atoms with Gasteiger partial charge in [0.05, 0.1) is 6.61 Å². The number of anilines is 1. The van der Waals surface area contributed by atoms with Gasteiger partial charge in [0.1, 0.15) is 11.5 Å². The number of rotatable bonds is 12. The first kappa shape index (κ1) is 21.8. The summed E-state index contributed by atoms with van der Waals surface area (Å²) >= 11 is 0. The van der Waals surface area contributed by atoms with Crippen LogP contribution in [0.1, 0.15) is 57.9 Å². The summed E-state index contributed by atoms with van der Waals surface area (Å²) in [5.74, 6) is 1.39. The molecule has 2 aromatic carbocycles. The summed E-state index contributed by atoms with van der Waals surface area (Å²) in [4.78, 5) is 12.5. The van der Waals surface area contributed by atoms with Crippen LogP contribution in [0, 0.1) is 6.92 Å². The van der Waals surface area contributed by atoms with E-state index in [4.69, 9.17) is 9.47 Å². The second-order valence-corrected chi connectivity index (χ2v) is 7.10. The number of carbonyl (C=O) groups is 1. The summed E-state index contributed by atoms with van der Waals surface area (Å²) in [6.45, 7) is 6.91.